The van der Waals surface area contributed by atoms with Gasteiger partial charge in [0.1, 0.15) is 29.0 Å². The zero-order valence-electron chi connectivity index (χ0n) is 27.4. The van der Waals surface area contributed by atoms with E-state index in [2.05, 4.69) is 12.1 Å². The third kappa shape index (κ3) is 8.90. The molecule has 0 bridgehead atoms. The monoisotopic (exact) mass is 681 g/mol. The molecule has 7 nitrogen and oxygen atoms in total. The molecule has 2 atom stereocenters. The van der Waals surface area contributed by atoms with Crippen LogP contribution in [0, 0.1) is 19.8 Å². The van der Waals surface area contributed by atoms with E-state index in [4.69, 9.17) is 14.5 Å². The Morgan fingerprint density at radius 3 is 1.85 bits per heavy atom. The Balaban J connectivity index is 0.000000188. The van der Waals surface area contributed by atoms with Crippen LogP contribution in [0.15, 0.2) is 95.3 Å². The number of aliphatic imine (C=N–C) groups is 1. The first-order valence-corrected chi connectivity index (χ1v) is 17.5. The summed E-state index contributed by atoms with van der Waals surface area (Å²) in [5.41, 5.74) is 8.34. The molecule has 4 aromatic carbocycles. The first-order valence-electron chi connectivity index (χ1n) is 15.6. The number of rotatable bonds is 8. The van der Waals surface area contributed by atoms with Gasteiger partial charge >= 0.3 is 0 Å². The SMILES string of the molecule is COc1cc(C)ccc1C1=CSC(=O)[C@H](Cc2ccc(O)cc2)C1.COc1cc(C)ccc1C1=N[C@@H](Cc2ccc(O)cc2)C(=O)SC1. The molecule has 0 saturated carbocycles. The largest absolute Gasteiger partial charge is 0.508 e. The molecule has 0 radical (unpaired) electrons. The van der Waals surface area contributed by atoms with Gasteiger partial charge in [-0.1, -0.05) is 66.0 Å². The molecular formula is C39H39NO6S2. The molecule has 0 fully saturated rings. The summed E-state index contributed by atoms with van der Waals surface area (Å²) in [6.45, 7) is 4.05. The Hall–Kier alpha value is -4.47. The van der Waals surface area contributed by atoms with Crippen LogP contribution in [0.2, 0.25) is 0 Å². The van der Waals surface area contributed by atoms with Crippen molar-refractivity contribution in [2.24, 2.45) is 10.9 Å². The van der Waals surface area contributed by atoms with Gasteiger partial charge in [0.2, 0.25) is 5.12 Å². The van der Waals surface area contributed by atoms with E-state index in [0.29, 0.717) is 25.0 Å². The molecule has 6 rings (SSSR count). The van der Waals surface area contributed by atoms with Crippen LogP contribution in [0.5, 0.6) is 23.0 Å². The van der Waals surface area contributed by atoms with Crippen LogP contribution in [0.1, 0.15) is 39.8 Å². The van der Waals surface area contributed by atoms with Crippen LogP contribution in [-0.2, 0) is 22.4 Å². The van der Waals surface area contributed by atoms with Gasteiger partial charge in [-0.15, -0.1) is 0 Å². The summed E-state index contributed by atoms with van der Waals surface area (Å²) in [5.74, 6) is 2.59. The number of carbonyl (C=O) groups excluding carboxylic acids is 2. The number of benzene rings is 4. The van der Waals surface area contributed by atoms with Crippen molar-refractivity contribution in [1.29, 1.82) is 0 Å². The van der Waals surface area contributed by atoms with Crippen LogP contribution in [0.3, 0.4) is 0 Å². The van der Waals surface area contributed by atoms with Gasteiger partial charge in [-0.2, -0.15) is 0 Å². The maximum atomic E-state index is 12.3. The zero-order chi connectivity index (χ0) is 34.2. The smallest absolute Gasteiger partial charge is 0.214 e. The number of ether oxygens (including phenoxy) is 2. The van der Waals surface area contributed by atoms with Crippen molar-refractivity contribution in [2.45, 2.75) is 39.2 Å². The molecule has 2 aliphatic rings. The first-order chi connectivity index (χ1) is 23.1. The maximum Gasteiger partial charge on any atom is 0.214 e. The number of hydrogen-bond acceptors (Lipinski definition) is 9. The second kappa shape index (κ2) is 16.1. The molecule has 2 heterocycles. The predicted octanol–water partition coefficient (Wildman–Crippen LogP) is 7.96. The van der Waals surface area contributed by atoms with Gasteiger partial charge in [-0.3, -0.25) is 14.6 Å². The lowest BCUT2D eigenvalue weighted by atomic mass is 9.90. The quantitative estimate of drug-likeness (QED) is 0.193. The molecular weight excluding hydrogens is 643 g/mol. The fourth-order valence-corrected chi connectivity index (χ4v) is 7.29. The van der Waals surface area contributed by atoms with Crippen molar-refractivity contribution in [1.82, 2.24) is 0 Å². The summed E-state index contributed by atoms with van der Waals surface area (Å²) in [6, 6.07) is 25.7. The number of hydrogen-bond donors (Lipinski definition) is 2. The first kappa shape index (κ1) is 34.9. The molecule has 4 aromatic rings. The van der Waals surface area contributed by atoms with E-state index in [9.17, 15) is 19.8 Å². The Morgan fingerprint density at radius 1 is 0.729 bits per heavy atom. The number of methoxy groups -OCH3 is 2. The van der Waals surface area contributed by atoms with Crippen molar-refractivity contribution in [3.63, 3.8) is 0 Å². The van der Waals surface area contributed by atoms with E-state index in [1.54, 1.807) is 38.5 Å². The van der Waals surface area contributed by atoms with Gasteiger partial charge in [-0.05, 0) is 102 Å². The molecule has 0 spiro atoms. The number of phenols is 2. The van der Waals surface area contributed by atoms with E-state index in [1.165, 1.54) is 23.5 Å². The minimum atomic E-state index is -0.408. The number of aromatic hydroxyl groups is 2. The molecule has 48 heavy (non-hydrogen) atoms. The second-order valence-electron chi connectivity index (χ2n) is 11.8. The summed E-state index contributed by atoms with van der Waals surface area (Å²) in [5, 5.41) is 21.0. The number of thioether (sulfide) groups is 2. The van der Waals surface area contributed by atoms with Crippen molar-refractivity contribution in [3.05, 3.63) is 124 Å². The highest BCUT2D eigenvalue weighted by Gasteiger charge is 2.28. The van der Waals surface area contributed by atoms with Gasteiger partial charge in [0.15, 0.2) is 5.12 Å². The average molecular weight is 682 g/mol. The summed E-state index contributed by atoms with van der Waals surface area (Å²) >= 11 is 2.57. The Morgan fingerprint density at radius 2 is 1.27 bits per heavy atom. The molecule has 9 heteroatoms. The highest BCUT2D eigenvalue weighted by atomic mass is 32.2. The maximum absolute atomic E-state index is 12.3. The van der Waals surface area contributed by atoms with Gasteiger partial charge in [0.05, 0.1) is 19.9 Å². The number of nitrogens with zero attached hydrogens (tertiary/aromatic N) is 1. The molecule has 0 saturated heterocycles. The van der Waals surface area contributed by atoms with E-state index in [1.807, 2.05) is 67.8 Å². The standard InChI is InChI=1S/C20H20O3S.C19H19NO3S/c1-13-3-8-18(19(9-13)23-2)16-11-15(20(22)24-12-16)10-14-4-6-17(21)7-5-14;1-12-3-8-15(18(9-12)23-2)17-11-24-19(22)16(20-17)10-13-4-6-14(21)7-5-13/h3-9,12,15,21H,10-11H2,1-2H3;3-9,16,21H,10-11H2,1-2H3/t15-;16-/m10/s1. The molecule has 2 N–H and O–H groups in total. The summed E-state index contributed by atoms with van der Waals surface area (Å²) in [6.07, 6.45) is 1.91. The van der Waals surface area contributed by atoms with E-state index < -0.39 is 6.04 Å². The van der Waals surface area contributed by atoms with E-state index in [0.717, 1.165) is 56.2 Å². The lowest BCUT2D eigenvalue weighted by Crippen LogP contribution is -2.27. The number of phenolic OH excluding ortho intramolecular Hbond substituents is 2. The normalized spacial score (nSPS) is 17.5. The third-order valence-corrected chi connectivity index (χ3v) is 10.1. The summed E-state index contributed by atoms with van der Waals surface area (Å²) in [4.78, 5) is 29.2. The van der Waals surface area contributed by atoms with Gasteiger partial charge < -0.3 is 19.7 Å². The van der Waals surface area contributed by atoms with Gasteiger partial charge in [0, 0.05) is 29.2 Å². The highest BCUT2D eigenvalue weighted by molar-refractivity contribution is 8.16. The Kier molecular flexibility index (Phi) is 11.7. The van der Waals surface area contributed by atoms with Crippen LogP contribution < -0.4 is 9.47 Å². The van der Waals surface area contributed by atoms with E-state index in [-0.39, 0.29) is 27.6 Å². The number of carbonyl (C=O) groups is 2. The topological polar surface area (TPSA) is 105 Å². The third-order valence-electron chi connectivity index (χ3n) is 8.21. The van der Waals surface area contributed by atoms with Crippen molar-refractivity contribution in [3.8, 4) is 23.0 Å². The molecule has 2 aliphatic heterocycles. The van der Waals surface area contributed by atoms with Crippen LogP contribution in [-0.4, -0.2) is 52.2 Å². The van der Waals surface area contributed by atoms with Gasteiger partial charge in [0.25, 0.3) is 0 Å². The van der Waals surface area contributed by atoms with E-state index >= 15 is 0 Å². The minimum Gasteiger partial charge on any atom is -0.508 e. The molecule has 0 unspecified atom stereocenters. The van der Waals surface area contributed by atoms with Crippen molar-refractivity contribution >= 4 is 45.0 Å². The molecule has 0 amide bonds. The second-order valence-corrected chi connectivity index (χ2v) is 13.7. The highest BCUT2D eigenvalue weighted by Crippen LogP contribution is 2.39. The van der Waals surface area contributed by atoms with Crippen LogP contribution >= 0.6 is 23.5 Å². The van der Waals surface area contributed by atoms with Crippen LogP contribution in [0.4, 0.5) is 0 Å². The average Bonchev–Trinajstić information content (AvgIpc) is 3.09. The molecule has 248 valence electrons. The lowest BCUT2D eigenvalue weighted by Gasteiger charge is -2.22. The fourth-order valence-electron chi connectivity index (χ4n) is 5.61. The number of allylic oxidation sites excluding steroid dienone is 1. The van der Waals surface area contributed by atoms with Crippen molar-refractivity contribution < 1.29 is 29.3 Å². The summed E-state index contributed by atoms with van der Waals surface area (Å²) in [7, 11) is 3.32. The lowest BCUT2D eigenvalue weighted by molar-refractivity contribution is -0.114. The Bertz CT molecular complexity index is 1830. The summed E-state index contributed by atoms with van der Waals surface area (Å²) < 4.78 is 11.0. The Labute approximate surface area is 290 Å². The van der Waals surface area contributed by atoms with Crippen molar-refractivity contribution in [2.75, 3.05) is 20.0 Å². The minimum absolute atomic E-state index is 0.0643. The zero-order valence-corrected chi connectivity index (χ0v) is 29.1. The molecule has 0 aromatic heterocycles. The van der Waals surface area contributed by atoms with Gasteiger partial charge in [-0.25, -0.2) is 0 Å². The number of aryl methyl sites for hydroxylation is 2. The predicted molar refractivity (Wildman–Crippen MR) is 196 cm³/mol. The van der Waals surface area contributed by atoms with Crippen LogP contribution in [0.25, 0.3) is 5.57 Å². The molecule has 0 aliphatic carbocycles. The fraction of sp³-hybridized carbons (Fsp3) is 0.256.